The minimum atomic E-state index is -0.286. The number of carbonyl (C=O) groups excluding carboxylic acids is 1. The van der Waals surface area contributed by atoms with Crippen molar-refractivity contribution < 1.29 is 9.53 Å². The van der Waals surface area contributed by atoms with Gasteiger partial charge in [-0.05, 0) is 19.4 Å². The molecule has 6 heteroatoms. The Bertz CT molecular complexity index is 538. The Morgan fingerprint density at radius 2 is 2.00 bits per heavy atom. The van der Waals surface area contributed by atoms with Crippen molar-refractivity contribution in [2.75, 3.05) is 7.11 Å². The number of rotatable bonds is 4. The average Bonchev–Trinajstić information content (AvgIpc) is 2.81. The van der Waals surface area contributed by atoms with Gasteiger partial charge in [-0.1, -0.05) is 0 Å². The molecule has 0 atom stereocenters. The first-order valence-electron chi connectivity index (χ1n) is 5.60. The van der Waals surface area contributed by atoms with Gasteiger partial charge in [0.15, 0.2) is 11.4 Å². The van der Waals surface area contributed by atoms with Gasteiger partial charge in [0.1, 0.15) is 0 Å². The number of nitrogens with zero attached hydrogens (tertiary/aromatic N) is 4. The number of methoxy groups -OCH3 is 1. The number of hydrogen-bond donors (Lipinski definition) is 0. The number of aryl methyl sites for hydroxylation is 2. The van der Waals surface area contributed by atoms with Gasteiger partial charge in [0.2, 0.25) is 5.82 Å². The minimum Gasteiger partial charge on any atom is -0.493 e. The van der Waals surface area contributed by atoms with E-state index in [1.54, 1.807) is 17.1 Å². The van der Waals surface area contributed by atoms with Gasteiger partial charge in [-0.15, -0.1) is 0 Å². The molecule has 0 bridgehead atoms. The summed E-state index contributed by atoms with van der Waals surface area (Å²) in [5.41, 5.74) is 1.28. The van der Waals surface area contributed by atoms with Crippen molar-refractivity contribution in [3.8, 4) is 5.75 Å². The topological polar surface area (TPSA) is 69.9 Å². The van der Waals surface area contributed by atoms with Crippen LogP contribution in [0, 0.1) is 6.92 Å². The number of hydrogen-bond acceptors (Lipinski definition) is 5. The van der Waals surface area contributed by atoms with Gasteiger partial charge < -0.3 is 4.74 Å². The van der Waals surface area contributed by atoms with Crippen LogP contribution < -0.4 is 4.74 Å². The Balaban J connectivity index is 2.44. The van der Waals surface area contributed by atoms with Crippen LogP contribution in [-0.4, -0.2) is 32.6 Å². The number of ketones is 1. The second kappa shape index (κ2) is 4.95. The molecule has 2 heterocycles. The molecule has 0 saturated heterocycles. The van der Waals surface area contributed by atoms with Crippen LogP contribution in [0.4, 0.5) is 0 Å². The summed E-state index contributed by atoms with van der Waals surface area (Å²) in [6.07, 6.45) is 4.74. The van der Waals surface area contributed by atoms with E-state index in [0.29, 0.717) is 18.0 Å². The lowest BCUT2D eigenvalue weighted by Crippen LogP contribution is -2.14. The van der Waals surface area contributed by atoms with Crippen molar-refractivity contribution in [2.45, 2.75) is 20.4 Å². The summed E-state index contributed by atoms with van der Waals surface area (Å²) in [6.45, 7) is 4.35. The van der Waals surface area contributed by atoms with Crippen LogP contribution in [0.1, 0.15) is 28.8 Å². The normalized spacial score (nSPS) is 10.4. The Morgan fingerprint density at radius 1 is 1.33 bits per heavy atom. The summed E-state index contributed by atoms with van der Waals surface area (Å²) in [5.74, 6) is 0.298. The summed E-state index contributed by atoms with van der Waals surface area (Å²) in [5, 5.41) is 4.08. The van der Waals surface area contributed by atoms with E-state index in [1.165, 1.54) is 13.3 Å². The summed E-state index contributed by atoms with van der Waals surface area (Å²) in [7, 11) is 1.50. The Labute approximate surface area is 105 Å². The third kappa shape index (κ3) is 2.09. The number of aromatic nitrogens is 4. The highest BCUT2D eigenvalue weighted by Gasteiger charge is 2.22. The average molecular weight is 246 g/mol. The molecule has 0 amide bonds. The summed E-state index contributed by atoms with van der Waals surface area (Å²) < 4.78 is 6.71. The van der Waals surface area contributed by atoms with Crippen molar-refractivity contribution >= 4 is 5.78 Å². The zero-order chi connectivity index (χ0) is 13.1. The standard InChI is InChI=1S/C12H14N4O2/c1-4-16-10(9(18-3)7-15-16)11(17)12-13-5-8(2)6-14-12/h5-7H,4H2,1-3H3. The number of carbonyl (C=O) groups is 1. The molecule has 2 aromatic rings. The van der Waals surface area contributed by atoms with E-state index >= 15 is 0 Å². The maximum absolute atomic E-state index is 12.3. The lowest BCUT2D eigenvalue weighted by atomic mass is 10.2. The van der Waals surface area contributed by atoms with E-state index in [9.17, 15) is 4.79 Å². The van der Waals surface area contributed by atoms with Crippen LogP contribution in [0.2, 0.25) is 0 Å². The van der Waals surface area contributed by atoms with Crippen LogP contribution in [0.25, 0.3) is 0 Å². The summed E-state index contributed by atoms with van der Waals surface area (Å²) >= 11 is 0. The highest BCUT2D eigenvalue weighted by atomic mass is 16.5. The second-order valence-corrected chi connectivity index (χ2v) is 3.79. The first-order chi connectivity index (χ1) is 8.67. The zero-order valence-corrected chi connectivity index (χ0v) is 10.5. The molecule has 0 spiro atoms. The van der Waals surface area contributed by atoms with E-state index in [-0.39, 0.29) is 11.6 Å². The highest BCUT2D eigenvalue weighted by Crippen LogP contribution is 2.19. The van der Waals surface area contributed by atoms with Gasteiger partial charge >= 0.3 is 0 Å². The maximum Gasteiger partial charge on any atom is 0.252 e. The highest BCUT2D eigenvalue weighted by molar-refractivity contribution is 6.07. The van der Waals surface area contributed by atoms with E-state index in [0.717, 1.165) is 5.56 Å². The molecule has 0 radical (unpaired) electrons. The SMILES string of the molecule is CCn1ncc(OC)c1C(=O)c1ncc(C)cn1. The fourth-order valence-electron chi connectivity index (χ4n) is 1.60. The molecule has 0 fully saturated rings. The molecule has 0 unspecified atom stereocenters. The lowest BCUT2D eigenvalue weighted by molar-refractivity contribution is 0.101. The van der Waals surface area contributed by atoms with E-state index < -0.39 is 0 Å². The molecule has 0 aliphatic carbocycles. The Hall–Kier alpha value is -2.24. The monoisotopic (exact) mass is 246 g/mol. The van der Waals surface area contributed by atoms with Crippen LogP contribution in [0.15, 0.2) is 18.6 Å². The molecule has 0 aliphatic rings. The second-order valence-electron chi connectivity index (χ2n) is 3.79. The van der Waals surface area contributed by atoms with Crippen LogP contribution in [-0.2, 0) is 6.54 Å². The van der Waals surface area contributed by atoms with Crippen LogP contribution in [0.3, 0.4) is 0 Å². The third-order valence-electron chi connectivity index (χ3n) is 2.52. The van der Waals surface area contributed by atoms with Gasteiger partial charge in [-0.3, -0.25) is 9.48 Å². The van der Waals surface area contributed by atoms with Gasteiger partial charge in [0.05, 0.1) is 13.3 Å². The third-order valence-corrected chi connectivity index (χ3v) is 2.52. The molecule has 2 aromatic heterocycles. The van der Waals surface area contributed by atoms with E-state index in [4.69, 9.17) is 4.74 Å². The molecule has 0 aromatic carbocycles. The molecular weight excluding hydrogens is 232 g/mol. The van der Waals surface area contributed by atoms with E-state index in [1.807, 2.05) is 13.8 Å². The van der Waals surface area contributed by atoms with Gasteiger partial charge in [-0.2, -0.15) is 5.10 Å². The molecule has 18 heavy (non-hydrogen) atoms. The van der Waals surface area contributed by atoms with Crippen molar-refractivity contribution in [1.82, 2.24) is 19.7 Å². The fourth-order valence-corrected chi connectivity index (χ4v) is 1.60. The molecule has 0 saturated carbocycles. The van der Waals surface area contributed by atoms with Crippen LogP contribution in [0.5, 0.6) is 5.75 Å². The molecular formula is C12H14N4O2. The maximum atomic E-state index is 12.3. The quantitative estimate of drug-likeness (QED) is 0.759. The predicted octanol–water partition coefficient (Wildman–Crippen LogP) is 1.24. The predicted molar refractivity (Wildman–Crippen MR) is 64.7 cm³/mol. The Kier molecular flexibility index (Phi) is 3.36. The van der Waals surface area contributed by atoms with Crippen molar-refractivity contribution in [3.63, 3.8) is 0 Å². The first kappa shape index (κ1) is 12.2. The summed E-state index contributed by atoms with van der Waals surface area (Å²) in [6, 6.07) is 0. The van der Waals surface area contributed by atoms with Crippen molar-refractivity contribution in [3.05, 3.63) is 35.7 Å². The molecule has 0 aliphatic heterocycles. The molecule has 0 N–H and O–H groups in total. The molecule has 2 rings (SSSR count). The lowest BCUT2D eigenvalue weighted by Gasteiger charge is -2.05. The summed E-state index contributed by atoms with van der Waals surface area (Å²) in [4.78, 5) is 20.4. The number of ether oxygens (including phenoxy) is 1. The zero-order valence-electron chi connectivity index (χ0n) is 10.5. The van der Waals surface area contributed by atoms with Gasteiger partial charge in [0, 0.05) is 18.9 Å². The smallest absolute Gasteiger partial charge is 0.252 e. The largest absolute Gasteiger partial charge is 0.493 e. The van der Waals surface area contributed by atoms with Gasteiger partial charge in [0.25, 0.3) is 5.78 Å². The Morgan fingerprint density at radius 3 is 2.56 bits per heavy atom. The molecule has 6 nitrogen and oxygen atoms in total. The van der Waals surface area contributed by atoms with Crippen molar-refractivity contribution in [2.24, 2.45) is 0 Å². The minimum absolute atomic E-state index is 0.147. The fraction of sp³-hybridized carbons (Fsp3) is 0.333. The van der Waals surface area contributed by atoms with Crippen LogP contribution >= 0.6 is 0 Å². The van der Waals surface area contributed by atoms with Gasteiger partial charge in [-0.25, -0.2) is 9.97 Å². The molecule has 94 valence electrons. The van der Waals surface area contributed by atoms with E-state index in [2.05, 4.69) is 15.1 Å². The first-order valence-corrected chi connectivity index (χ1v) is 5.60. The van der Waals surface area contributed by atoms with Crippen molar-refractivity contribution in [1.29, 1.82) is 0 Å².